The SMILES string of the molecule is CSc1ccc(C(=O)COC(=O)c2nc(-n3nc(C)cc3C)ccc2Cl)cc1NC(C)=O. The van der Waals surface area contributed by atoms with Crippen molar-refractivity contribution in [2.24, 2.45) is 0 Å². The highest BCUT2D eigenvalue weighted by Crippen LogP contribution is 2.27. The molecule has 1 aromatic carbocycles. The summed E-state index contributed by atoms with van der Waals surface area (Å²) in [6.07, 6.45) is 1.86. The molecule has 0 aliphatic heterocycles. The van der Waals surface area contributed by atoms with Gasteiger partial charge in [-0.05, 0) is 50.4 Å². The maximum absolute atomic E-state index is 12.6. The number of pyridine rings is 1. The fourth-order valence-corrected chi connectivity index (χ4v) is 3.72. The van der Waals surface area contributed by atoms with Gasteiger partial charge in [-0.15, -0.1) is 11.8 Å². The van der Waals surface area contributed by atoms with Gasteiger partial charge in [-0.25, -0.2) is 14.5 Å². The molecule has 3 aromatic rings. The molecule has 166 valence electrons. The molecule has 2 aromatic heterocycles. The third-order valence-electron chi connectivity index (χ3n) is 4.42. The summed E-state index contributed by atoms with van der Waals surface area (Å²) in [6, 6.07) is 9.94. The van der Waals surface area contributed by atoms with E-state index in [0.717, 1.165) is 16.3 Å². The normalized spacial score (nSPS) is 10.7. The van der Waals surface area contributed by atoms with Gasteiger partial charge in [0, 0.05) is 23.1 Å². The molecule has 32 heavy (non-hydrogen) atoms. The first-order chi connectivity index (χ1) is 15.2. The van der Waals surface area contributed by atoms with Gasteiger partial charge >= 0.3 is 5.97 Å². The van der Waals surface area contributed by atoms with E-state index in [1.807, 2.05) is 26.2 Å². The first kappa shape index (κ1) is 23.5. The number of hydrogen-bond donors (Lipinski definition) is 1. The molecule has 0 spiro atoms. The van der Waals surface area contributed by atoms with Crippen molar-refractivity contribution in [2.75, 3.05) is 18.2 Å². The Bertz CT molecular complexity index is 1210. The van der Waals surface area contributed by atoms with Crippen molar-refractivity contribution in [2.45, 2.75) is 25.7 Å². The van der Waals surface area contributed by atoms with Gasteiger partial charge in [-0.2, -0.15) is 5.10 Å². The summed E-state index contributed by atoms with van der Waals surface area (Å²) in [5.74, 6) is -1.09. The molecule has 3 rings (SSSR count). The zero-order chi connectivity index (χ0) is 23.4. The average Bonchev–Trinajstić information content (AvgIpc) is 3.09. The van der Waals surface area contributed by atoms with Crippen LogP contribution in [-0.2, 0) is 9.53 Å². The molecule has 0 atom stereocenters. The molecule has 0 bridgehead atoms. The van der Waals surface area contributed by atoms with E-state index >= 15 is 0 Å². The molecule has 0 unspecified atom stereocenters. The topological polar surface area (TPSA) is 103 Å². The Balaban J connectivity index is 1.76. The van der Waals surface area contributed by atoms with Crippen LogP contribution in [0.3, 0.4) is 0 Å². The number of nitrogens with one attached hydrogen (secondary N) is 1. The summed E-state index contributed by atoms with van der Waals surface area (Å²) in [5.41, 5.74) is 2.36. The summed E-state index contributed by atoms with van der Waals surface area (Å²) in [7, 11) is 0. The molecule has 1 amide bonds. The third kappa shape index (κ3) is 5.35. The Morgan fingerprint density at radius 3 is 2.53 bits per heavy atom. The number of aryl methyl sites for hydroxylation is 2. The molecular formula is C22H21ClN4O4S. The lowest BCUT2D eigenvalue weighted by atomic mass is 10.1. The number of halogens is 1. The second-order valence-electron chi connectivity index (χ2n) is 6.93. The van der Waals surface area contributed by atoms with Gasteiger partial charge in [0.1, 0.15) is 0 Å². The minimum atomic E-state index is -0.824. The van der Waals surface area contributed by atoms with Crippen LogP contribution in [0.1, 0.15) is 39.2 Å². The average molecular weight is 473 g/mol. The highest BCUT2D eigenvalue weighted by Gasteiger charge is 2.19. The second-order valence-corrected chi connectivity index (χ2v) is 8.19. The minimum absolute atomic E-state index is 0.102. The fourth-order valence-electron chi connectivity index (χ4n) is 3.01. The zero-order valence-electron chi connectivity index (χ0n) is 17.9. The van der Waals surface area contributed by atoms with E-state index in [2.05, 4.69) is 15.4 Å². The van der Waals surface area contributed by atoms with Crippen molar-refractivity contribution in [3.05, 3.63) is 64.1 Å². The smallest absolute Gasteiger partial charge is 0.359 e. The van der Waals surface area contributed by atoms with Crippen LogP contribution >= 0.6 is 23.4 Å². The van der Waals surface area contributed by atoms with Crippen molar-refractivity contribution in [1.29, 1.82) is 0 Å². The number of esters is 1. The number of ketones is 1. The highest BCUT2D eigenvalue weighted by molar-refractivity contribution is 7.98. The lowest BCUT2D eigenvalue weighted by Crippen LogP contribution is -2.17. The van der Waals surface area contributed by atoms with Crippen LogP contribution in [0.25, 0.3) is 5.82 Å². The molecule has 1 N–H and O–H groups in total. The van der Waals surface area contributed by atoms with E-state index in [0.29, 0.717) is 17.1 Å². The third-order valence-corrected chi connectivity index (χ3v) is 5.52. The summed E-state index contributed by atoms with van der Waals surface area (Å²) in [4.78, 5) is 41.6. The Morgan fingerprint density at radius 2 is 1.91 bits per heavy atom. The number of benzene rings is 1. The van der Waals surface area contributed by atoms with Gasteiger partial charge < -0.3 is 10.1 Å². The molecule has 10 heteroatoms. The molecule has 0 radical (unpaired) electrons. The van der Waals surface area contributed by atoms with E-state index in [1.165, 1.54) is 24.8 Å². The van der Waals surface area contributed by atoms with E-state index in [1.54, 1.807) is 28.9 Å². The number of hydrogen-bond acceptors (Lipinski definition) is 7. The lowest BCUT2D eigenvalue weighted by Gasteiger charge is -2.11. The maximum Gasteiger partial charge on any atom is 0.359 e. The van der Waals surface area contributed by atoms with Crippen LogP contribution in [-0.4, -0.2) is 45.3 Å². The highest BCUT2D eigenvalue weighted by atomic mass is 35.5. The van der Waals surface area contributed by atoms with Gasteiger partial charge in [0.2, 0.25) is 5.91 Å². The first-order valence-corrected chi connectivity index (χ1v) is 11.2. The quantitative estimate of drug-likeness (QED) is 0.311. The van der Waals surface area contributed by atoms with Crippen molar-refractivity contribution >= 4 is 46.7 Å². The lowest BCUT2D eigenvalue weighted by molar-refractivity contribution is -0.114. The number of carbonyl (C=O) groups is 3. The van der Waals surface area contributed by atoms with Gasteiger partial charge in [-0.3, -0.25) is 9.59 Å². The number of Topliss-reactive ketones (excluding diaryl/α,β-unsaturated/α-hetero) is 1. The summed E-state index contributed by atoms with van der Waals surface area (Å²) < 4.78 is 6.76. The zero-order valence-corrected chi connectivity index (χ0v) is 19.5. The summed E-state index contributed by atoms with van der Waals surface area (Å²) in [5, 5.41) is 7.13. The predicted octanol–water partition coefficient (Wildman–Crippen LogP) is 4.26. The molecule has 8 nitrogen and oxygen atoms in total. The molecule has 0 saturated carbocycles. The van der Waals surface area contributed by atoms with Crippen molar-refractivity contribution in [3.63, 3.8) is 0 Å². The standard InChI is InChI=1S/C22H21ClN4O4S/c1-12-9-13(2)27(26-12)20-8-6-16(23)21(25-20)22(30)31-11-18(29)15-5-7-19(32-4)17(10-15)24-14(3)28/h5-10H,11H2,1-4H3,(H,24,28). The Kier molecular flexibility index (Phi) is 7.32. The van der Waals surface area contributed by atoms with Crippen molar-refractivity contribution in [1.82, 2.24) is 14.8 Å². The number of nitrogens with zero attached hydrogens (tertiary/aromatic N) is 3. The minimum Gasteiger partial charge on any atom is -0.453 e. The van der Waals surface area contributed by atoms with Gasteiger partial charge in [0.25, 0.3) is 0 Å². The van der Waals surface area contributed by atoms with Gasteiger partial charge in [0.05, 0.1) is 16.4 Å². The van der Waals surface area contributed by atoms with Crippen molar-refractivity contribution in [3.8, 4) is 5.82 Å². The van der Waals surface area contributed by atoms with E-state index in [9.17, 15) is 14.4 Å². The largest absolute Gasteiger partial charge is 0.453 e. The predicted molar refractivity (Wildman–Crippen MR) is 123 cm³/mol. The molecular weight excluding hydrogens is 452 g/mol. The van der Waals surface area contributed by atoms with E-state index in [4.69, 9.17) is 16.3 Å². The number of aromatic nitrogens is 3. The molecule has 0 aliphatic rings. The van der Waals surface area contributed by atoms with Crippen LogP contribution in [0.5, 0.6) is 0 Å². The molecule has 0 fully saturated rings. The van der Waals surface area contributed by atoms with E-state index in [-0.39, 0.29) is 16.6 Å². The molecule has 0 saturated heterocycles. The maximum atomic E-state index is 12.6. The number of ether oxygens (including phenoxy) is 1. The number of anilines is 1. The van der Waals surface area contributed by atoms with Crippen LogP contribution in [0, 0.1) is 13.8 Å². The fraction of sp³-hybridized carbons (Fsp3) is 0.227. The number of carbonyl (C=O) groups excluding carboxylic acids is 3. The number of amides is 1. The van der Waals surface area contributed by atoms with Gasteiger partial charge in [0.15, 0.2) is 23.9 Å². The number of rotatable bonds is 7. The summed E-state index contributed by atoms with van der Waals surface area (Å²) in [6.45, 7) is 4.60. The Hall–Kier alpha value is -3.17. The summed E-state index contributed by atoms with van der Waals surface area (Å²) >= 11 is 7.57. The Labute approximate surface area is 194 Å². The monoisotopic (exact) mass is 472 g/mol. The van der Waals surface area contributed by atoms with Crippen LogP contribution in [0.4, 0.5) is 5.69 Å². The van der Waals surface area contributed by atoms with Crippen LogP contribution in [0.2, 0.25) is 5.02 Å². The molecule has 2 heterocycles. The first-order valence-electron chi connectivity index (χ1n) is 9.55. The van der Waals surface area contributed by atoms with Gasteiger partial charge in [-0.1, -0.05) is 17.7 Å². The van der Waals surface area contributed by atoms with E-state index < -0.39 is 18.4 Å². The molecule has 0 aliphatic carbocycles. The van der Waals surface area contributed by atoms with Crippen LogP contribution in [0.15, 0.2) is 41.3 Å². The number of thioether (sulfide) groups is 1. The second kappa shape index (κ2) is 9.97. The Morgan fingerprint density at radius 1 is 1.16 bits per heavy atom. The van der Waals surface area contributed by atoms with Crippen LogP contribution < -0.4 is 5.32 Å². The van der Waals surface area contributed by atoms with Crippen molar-refractivity contribution < 1.29 is 19.1 Å².